The number of fused-ring (bicyclic) bond motifs is 1. The Morgan fingerprint density at radius 3 is 2.81 bits per heavy atom. The molecular weight excluding hydrogens is 282 g/mol. The molecule has 2 aliphatic rings. The van der Waals surface area contributed by atoms with Crippen molar-refractivity contribution in [3.8, 4) is 0 Å². The van der Waals surface area contributed by atoms with Crippen molar-refractivity contribution >= 4 is 23.1 Å². The molecule has 4 heterocycles. The van der Waals surface area contributed by atoms with E-state index in [2.05, 4.69) is 33.6 Å². The zero-order valence-electron chi connectivity index (χ0n) is 12.2. The van der Waals surface area contributed by atoms with E-state index in [1.165, 1.54) is 30.0 Å². The van der Waals surface area contributed by atoms with E-state index < -0.39 is 0 Å². The van der Waals surface area contributed by atoms with Gasteiger partial charge in [0, 0.05) is 50.0 Å². The Hall–Kier alpha value is -1.27. The molecule has 2 saturated heterocycles. The molecule has 0 aliphatic carbocycles. The molecule has 2 fully saturated rings. The van der Waals surface area contributed by atoms with Crippen LogP contribution >= 0.6 is 11.8 Å². The van der Waals surface area contributed by atoms with Crippen LogP contribution in [0.2, 0.25) is 0 Å². The normalized spacial score (nSPS) is 21.0. The van der Waals surface area contributed by atoms with Gasteiger partial charge in [0.25, 0.3) is 0 Å². The van der Waals surface area contributed by atoms with E-state index >= 15 is 0 Å². The van der Waals surface area contributed by atoms with E-state index in [-0.39, 0.29) is 0 Å². The molecule has 0 unspecified atom stereocenters. The second-order valence-electron chi connectivity index (χ2n) is 5.78. The quantitative estimate of drug-likeness (QED) is 0.916. The molecule has 2 aliphatic heterocycles. The lowest BCUT2D eigenvalue weighted by Crippen LogP contribution is -2.43. The molecule has 2 aromatic heterocycles. The molecule has 5 nitrogen and oxygen atoms in total. The van der Waals surface area contributed by atoms with E-state index in [0.29, 0.717) is 5.92 Å². The molecule has 0 saturated carbocycles. The first kappa shape index (κ1) is 13.4. The molecular formula is C15H21N5S. The molecule has 4 rings (SSSR count). The smallest absolute Gasteiger partial charge is 0.157 e. The van der Waals surface area contributed by atoms with Crippen molar-refractivity contribution in [2.45, 2.75) is 18.8 Å². The average molecular weight is 303 g/mol. The summed E-state index contributed by atoms with van der Waals surface area (Å²) in [6, 6.07) is 4.34. The van der Waals surface area contributed by atoms with Crippen LogP contribution < -0.4 is 10.2 Å². The Morgan fingerprint density at radius 2 is 2.00 bits per heavy atom. The van der Waals surface area contributed by atoms with Crippen LogP contribution in [0.4, 0.5) is 5.69 Å². The summed E-state index contributed by atoms with van der Waals surface area (Å²) >= 11 is 2.05. The topological polar surface area (TPSA) is 45.5 Å². The molecule has 0 radical (unpaired) electrons. The van der Waals surface area contributed by atoms with E-state index in [0.717, 1.165) is 37.7 Å². The predicted molar refractivity (Wildman–Crippen MR) is 87.4 cm³/mol. The molecule has 2 aromatic rings. The number of rotatable bonds is 2. The van der Waals surface area contributed by atoms with Crippen LogP contribution in [0.5, 0.6) is 0 Å². The highest BCUT2D eigenvalue weighted by Crippen LogP contribution is 2.30. The Morgan fingerprint density at radius 1 is 1.19 bits per heavy atom. The summed E-state index contributed by atoms with van der Waals surface area (Å²) in [4.78, 5) is 7.21. The van der Waals surface area contributed by atoms with Gasteiger partial charge in [0.15, 0.2) is 11.5 Å². The maximum Gasteiger partial charge on any atom is 0.157 e. The molecule has 0 aromatic carbocycles. The number of aromatic nitrogens is 3. The van der Waals surface area contributed by atoms with Gasteiger partial charge in [-0.2, -0.15) is 16.9 Å². The van der Waals surface area contributed by atoms with Crippen LogP contribution in [0, 0.1) is 0 Å². The van der Waals surface area contributed by atoms with Crippen LogP contribution in [0.3, 0.4) is 0 Å². The molecule has 112 valence electrons. The van der Waals surface area contributed by atoms with Gasteiger partial charge < -0.3 is 10.2 Å². The van der Waals surface area contributed by atoms with Crippen molar-refractivity contribution in [3.05, 3.63) is 24.2 Å². The summed E-state index contributed by atoms with van der Waals surface area (Å²) in [6.07, 6.45) is 4.49. The third-order valence-corrected chi connectivity index (χ3v) is 5.45. The molecule has 1 N–H and O–H groups in total. The van der Waals surface area contributed by atoms with Crippen molar-refractivity contribution in [1.82, 2.24) is 19.9 Å². The monoisotopic (exact) mass is 303 g/mol. The van der Waals surface area contributed by atoms with Crippen LogP contribution in [-0.2, 0) is 0 Å². The predicted octanol–water partition coefficient (Wildman–Crippen LogP) is 1.75. The maximum atomic E-state index is 4.79. The molecule has 0 amide bonds. The summed E-state index contributed by atoms with van der Waals surface area (Å²) in [6.45, 7) is 4.25. The lowest BCUT2D eigenvalue weighted by molar-refractivity contribution is 0.589. The van der Waals surface area contributed by atoms with Crippen LogP contribution in [0.1, 0.15) is 24.6 Å². The van der Waals surface area contributed by atoms with Crippen molar-refractivity contribution < 1.29 is 0 Å². The van der Waals surface area contributed by atoms with Gasteiger partial charge in [-0.25, -0.2) is 9.50 Å². The van der Waals surface area contributed by atoms with Gasteiger partial charge in [0.2, 0.25) is 0 Å². The summed E-state index contributed by atoms with van der Waals surface area (Å²) in [5.41, 5.74) is 2.25. The SMILES string of the molecule is c1cn2nc(C3CCSCC3)nc2cc1N1CCNCC1. The van der Waals surface area contributed by atoms with E-state index in [1.54, 1.807) is 0 Å². The van der Waals surface area contributed by atoms with Gasteiger partial charge >= 0.3 is 0 Å². The summed E-state index contributed by atoms with van der Waals surface area (Å²) in [7, 11) is 0. The number of hydrogen-bond acceptors (Lipinski definition) is 5. The number of pyridine rings is 1. The largest absolute Gasteiger partial charge is 0.369 e. The molecule has 0 spiro atoms. The first-order chi connectivity index (χ1) is 10.4. The molecule has 21 heavy (non-hydrogen) atoms. The van der Waals surface area contributed by atoms with Crippen molar-refractivity contribution in [1.29, 1.82) is 0 Å². The number of nitrogens with zero attached hydrogens (tertiary/aromatic N) is 4. The fourth-order valence-electron chi connectivity index (χ4n) is 3.14. The van der Waals surface area contributed by atoms with Gasteiger partial charge in [0.05, 0.1) is 0 Å². The standard InChI is InChI=1S/C15H21N5S/c1-6-20-14(11-13(1)19-7-4-16-5-8-19)17-15(18-20)12-2-9-21-10-3-12/h1,6,11-12,16H,2-5,7-10H2. The number of nitrogens with one attached hydrogen (secondary N) is 1. The highest BCUT2D eigenvalue weighted by atomic mass is 32.2. The van der Waals surface area contributed by atoms with E-state index in [4.69, 9.17) is 4.98 Å². The van der Waals surface area contributed by atoms with Crippen molar-refractivity contribution in [3.63, 3.8) is 0 Å². The lowest BCUT2D eigenvalue weighted by atomic mass is 10.0. The Balaban J connectivity index is 1.61. The van der Waals surface area contributed by atoms with Crippen LogP contribution in [0.15, 0.2) is 18.3 Å². The lowest BCUT2D eigenvalue weighted by Gasteiger charge is -2.29. The van der Waals surface area contributed by atoms with Crippen LogP contribution in [-0.4, -0.2) is 52.3 Å². The van der Waals surface area contributed by atoms with Gasteiger partial charge in [-0.05, 0) is 30.4 Å². The first-order valence-corrected chi connectivity index (χ1v) is 8.95. The highest BCUT2D eigenvalue weighted by molar-refractivity contribution is 7.99. The van der Waals surface area contributed by atoms with Gasteiger partial charge in [0.1, 0.15) is 0 Å². The summed E-state index contributed by atoms with van der Waals surface area (Å²) < 4.78 is 1.93. The van der Waals surface area contributed by atoms with Gasteiger partial charge in [-0.15, -0.1) is 0 Å². The van der Waals surface area contributed by atoms with E-state index in [1.807, 2.05) is 16.3 Å². The minimum atomic E-state index is 0.550. The highest BCUT2D eigenvalue weighted by Gasteiger charge is 2.20. The zero-order chi connectivity index (χ0) is 14.1. The van der Waals surface area contributed by atoms with Gasteiger partial charge in [-0.1, -0.05) is 0 Å². The number of piperazine rings is 1. The zero-order valence-corrected chi connectivity index (χ0v) is 13.0. The number of thioether (sulfide) groups is 1. The fourth-order valence-corrected chi connectivity index (χ4v) is 4.24. The minimum absolute atomic E-state index is 0.550. The summed E-state index contributed by atoms with van der Waals surface area (Å²) in [5.74, 6) is 4.07. The van der Waals surface area contributed by atoms with E-state index in [9.17, 15) is 0 Å². The van der Waals surface area contributed by atoms with Crippen LogP contribution in [0.25, 0.3) is 5.65 Å². The van der Waals surface area contributed by atoms with Crippen molar-refractivity contribution in [2.24, 2.45) is 0 Å². The second kappa shape index (κ2) is 5.85. The Bertz CT molecular complexity index is 598. The Kier molecular flexibility index (Phi) is 3.73. The first-order valence-electron chi connectivity index (χ1n) is 7.80. The van der Waals surface area contributed by atoms with Crippen molar-refractivity contribution in [2.75, 3.05) is 42.6 Å². The minimum Gasteiger partial charge on any atom is -0.369 e. The van der Waals surface area contributed by atoms with Gasteiger partial charge in [-0.3, -0.25) is 0 Å². The molecule has 0 atom stereocenters. The fraction of sp³-hybridized carbons (Fsp3) is 0.600. The third-order valence-electron chi connectivity index (χ3n) is 4.41. The number of hydrogen-bond donors (Lipinski definition) is 1. The number of anilines is 1. The summed E-state index contributed by atoms with van der Waals surface area (Å²) in [5, 5.41) is 8.08. The second-order valence-corrected chi connectivity index (χ2v) is 7.01. The Labute approximate surface area is 129 Å². The molecule has 0 bridgehead atoms. The molecule has 6 heteroatoms. The third kappa shape index (κ3) is 2.74. The maximum absolute atomic E-state index is 4.79. The average Bonchev–Trinajstić information content (AvgIpc) is 2.99.